The number of nitrogens with two attached hydrogens (primary N) is 2. The summed E-state index contributed by atoms with van der Waals surface area (Å²) >= 11 is 0. The lowest BCUT2D eigenvalue weighted by Crippen LogP contribution is -2.44. The molecule has 80 valence electrons. The Labute approximate surface area is 80.3 Å². The molecule has 0 saturated carbocycles. The average molecular weight is 209 g/mol. The molecule has 0 aliphatic carbocycles. The SMILES string of the molecule is CCN(CC(C)(C)CN)S(N)(=O)=O. The van der Waals surface area contributed by atoms with Crippen molar-refractivity contribution in [1.82, 2.24) is 4.31 Å². The van der Waals surface area contributed by atoms with Crippen LogP contribution in [0.5, 0.6) is 0 Å². The molecule has 0 aromatic heterocycles. The van der Waals surface area contributed by atoms with Gasteiger partial charge in [0.1, 0.15) is 0 Å². The van der Waals surface area contributed by atoms with Gasteiger partial charge in [-0.25, -0.2) is 5.14 Å². The van der Waals surface area contributed by atoms with E-state index in [9.17, 15) is 8.42 Å². The van der Waals surface area contributed by atoms with E-state index in [1.54, 1.807) is 6.92 Å². The second-order valence-electron chi connectivity index (χ2n) is 3.84. The van der Waals surface area contributed by atoms with Crippen molar-refractivity contribution in [2.75, 3.05) is 19.6 Å². The molecule has 0 atom stereocenters. The highest BCUT2D eigenvalue weighted by molar-refractivity contribution is 7.86. The normalized spacial score (nSPS) is 13.7. The summed E-state index contributed by atoms with van der Waals surface area (Å²) in [6.45, 7) is 6.72. The molecule has 0 radical (unpaired) electrons. The predicted molar refractivity (Wildman–Crippen MR) is 53.2 cm³/mol. The lowest BCUT2D eigenvalue weighted by atomic mass is 9.94. The van der Waals surface area contributed by atoms with E-state index in [2.05, 4.69) is 0 Å². The molecule has 0 fully saturated rings. The molecule has 0 bridgehead atoms. The predicted octanol–water partition coefficient (Wildman–Crippen LogP) is -0.503. The molecule has 0 aromatic rings. The van der Waals surface area contributed by atoms with Gasteiger partial charge in [0, 0.05) is 13.1 Å². The van der Waals surface area contributed by atoms with Gasteiger partial charge >= 0.3 is 0 Å². The molecule has 0 aromatic carbocycles. The molecule has 0 spiro atoms. The van der Waals surface area contributed by atoms with E-state index in [4.69, 9.17) is 10.9 Å². The third-order valence-corrected chi connectivity index (χ3v) is 2.98. The van der Waals surface area contributed by atoms with Crippen molar-refractivity contribution in [3.05, 3.63) is 0 Å². The highest BCUT2D eigenvalue weighted by Gasteiger charge is 2.24. The maximum absolute atomic E-state index is 11.0. The smallest absolute Gasteiger partial charge is 0.276 e. The molecule has 0 aliphatic rings. The van der Waals surface area contributed by atoms with Crippen LogP contribution in [0.1, 0.15) is 20.8 Å². The van der Waals surface area contributed by atoms with Crippen LogP contribution in [0, 0.1) is 5.41 Å². The van der Waals surface area contributed by atoms with E-state index in [0.29, 0.717) is 19.6 Å². The molecule has 13 heavy (non-hydrogen) atoms. The van der Waals surface area contributed by atoms with Crippen molar-refractivity contribution in [2.45, 2.75) is 20.8 Å². The Morgan fingerprint density at radius 2 is 1.85 bits per heavy atom. The van der Waals surface area contributed by atoms with Crippen molar-refractivity contribution in [3.63, 3.8) is 0 Å². The fourth-order valence-electron chi connectivity index (χ4n) is 0.924. The van der Waals surface area contributed by atoms with Gasteiger partial charge in [-0.2, -0.15) is 12.7 Å². The lowest BCUT2D eigenvalue weighted by Gasteiger charge is -2.28. The van der Waals surface area contributed by atoms with Gasteiger partial charge in [0.05, 0.1) is 0 Å². The zero-order valence-electron chi connectivity index (χ0n) is 8.45. The van der Waals surface area contributed by atoms with Gasteiger partial charge in [0.25, 0.3) is 10.2 Å². The Morgan fingerprint density at radius 1 is 1.38 bits per heavy atom. The van der Waals surface area contributed by atoms with Gasteiger partial charge in [0.2, 0.25) is 0 Å². The second kappa shape index (κ2) is 4.36. The Bertz CT molecular complexity index is 248. The van der Waals surface area contributed by atoms with E-state index >= 15 is 0 Å². The fraction of sp³-hybridized carbons (Fsp3) is 1.00. The van der Waals surface area contributed by atoms with Crippen molar-refractivity contribution < 1.29 is 8.42 Å². The van der Waals surface area contributed by atoms with Crippen LogP contribution < -0.4 is 10.9 Å². The Hall–Kier alpha value is -0.170. The highest BCUT2D eigenvalue weighted by Crippen LogP contribution is 2.15. The van der Waals surface area contributed by atoms with Crippen molar-refractivity contribution in [1.29, 1.82) is 0 Å². The number of hydrogen-bond donors (Lipinski definition) is 2. The third-order valence-electron chi connectivity index (χ3n) is 1.87. The summed E-state index contributed by atoms with van der Waals surface area (Å²) in [5, 5.41) is 5.01. The van der Waals surface area contributed by atoms with E-state index in [0.717, 1.165) is 0 Å². The van der Waals surface area contributed by atoms with Crippen molar-refractivity contribution >= 4 is 10.2 Å². The minimum absolute atomic E-state index is 0.234. The molecule has 0 saturated heterocycles. The largest absolute Gasteiger partial charge is 0.330 e. The standard InChI is InChI=1S/C7H19N3O2S/c1-4-10(13(9,11)12)6-7(2,3)5-8/h4-6,8H2,1-3H3,(H2,9,11,12). The summed E-state index contributed by atoms with van der Waals surface area (Å²) < 4.78 is 23.3. The van der Waals surface area contributed by atoms with E-state index in [1.165, 1.54) is 4.31 Å². The molecule has 6 heteroatoms. The topological polar surface area (TPSA) is 89.4 Å². The maximum atomic E-state index is 11.0. The maximum Gasteiger partial charge on any atom is 0.276 e. The summed E-state index contributed by atoms with van der Waals surface area (Å²) in [7, 11) is -3.58. The van der Waals surface area contributed by atoms with Crippen LogP contribution in [0.15, 0.2) is 0 Å². The summed E-state index contributed by atoms with van der Waals surface area (Å²) in [6.07, 6.45) is 0. The summed E-state index contributed by atoms with van der Waals surface area (Å²) in [6, 6.07) is 0. The number of nitrogens with zero attached hydrogens (tertiary/aromatic N) is 1. The van der Waals surface area contributed by atoms with Gasteiger partial charge in [-0.05, 0) is 12.0 Å². The van der Waals surface area contributed by atoms with Crippen LogP contribution in [-0.4, -0.2) is 32.4 Å². The van der Waals surface area contributed by atoms with Gasteiger partial charge in [-0.15, -0.1) is 0 Å². The number of hydrogen-bond acceptors (Lipinski definition) is 3. The minimum atomic E-state index is -3.58. The Morgan fingerprint density at radius 3 is 2.08 bits per heavy atom. The quantitative estimate of drug-likeness (QED) is 0.639. The average Bonchev–Trinajstić information content (AvgIpc) is 1.98. The van der Waals surface area contributed by atoms with Crippen molar-refractivity contribution in [2.24, 2.45) is 16.3 Å². The first kappa shape index (κ1) is 12.8. The van der Waals surface area contributed by atoms with Gasteiger partial charge in [0.15, 0.2) is 0 Å². The van der Waals surface area contributed by atoms with Crippen LogP contribution in [0.4, 0.5) is 0 Å². The summed E-state index contributed by atoms with van der Waals surface area (Å²) in [5.74, 6) is 0. The Kier molecular flexibility index (Phi) is 4.31. The van der Waals surface area contributed by atoms with Crippen LogP contribution in [-0.2, 0) is 10.2 Å². The van der Waals surface area contributed by atoms with E-state index in [1.807, 2.05) is 13.8 Å². The van der Waals surface area contributed by atoms with Crippen LogP contribution in [0.2, 0.25) is 0 Å². The van der Waals surface area contributed by atoms with E-state index in [-0.39, 0.29) is 5.41 Å². The summed E-state index contributed by atoms with van der Waals surface area (Å²) in [5.41, 5.74) is 5.26. The third kappa shape index (κ3) is 4.56. The van der Waals surface area contributed by atoms with Gasteiger partial charge in [-0.3, -0.25) is 0 Å². The molecule has 0 aliphatic heterocycles. The summed E-state index contributed by atoms with van der Waals surface area (Å²) in [4.78, 5) is 0. The monoisotopic (exact) mass is 209 g/mol. The first-order valence-electron chi connectivity index (χ1n) is 4.21. The Balaban J connectivity index is 4.49. The van der Waals surface area contributed by atoms with Crippen molar-refractivity contribution in [3.8, 4) is 0 Å². The first-order chi connectivity index (χ1) is 5.73. The van der Waals surface area contributed by atoms with Gasteiger partial charge in [-0.1, -0.05) is 20.8 Å². The molecule has 0 heterocycles. The molecule has 0 rings (SSSR count). The number of rotatable bonds is 5. The molecule has 0 unspecified atom stereocenters. The molecule has 0 amide bonds. The molecule has 4 N–H and O–H groups in total. The van der Waals surface area contributed by atoms with Gasteiger partial charge < -0.3 is 5.73 Å². The lowest BCUT2D eigenvalue weighted by molar-refractivity contribution is 0.273. The fourth-order valence-corrected chi connectivity index (χ4v) is 1.81. The second-order valence-corrected chi connectivity index (χ2v) is 5.39. The minimum Gasteiger partial charge on any atom is -0.330 e. The van der Waals surface area contributed by atoms with E-state index < -0.39 is 10.2 Å². The van der Waals surface area contributed by atoms with Crippen LogP contribution in [0.25, 0.3) is 0 Å². The molecule has 5 nitrogen and oxygen atoms in total. The zero-order valence-corrected chi connectivity index (χ0v) is 9.26. The molecular formula is C7H19N3O2S. The highest BCUT2D eigenvalue weighted by atomic mass is 32.2. The zero-order chi connectivity index (χ0) is 10.7. The molecular weight excluding hydrogens is 190 g/mol. The van der Waals surface area contributed by atoms with Crippen LogP contribution >= 0.6 is 0 Å². The van der Waals surface area contributed by atoms with Crippen LogP contribution in [0.3, 0.4) is 0 Å². The first-order valence-corrected chi connectivity index (χ1v) is 5.71.